The van der Waals surface area contributed by atoms with Crippen molar-refractivity contribution in [1.29, 1.82) is 0 Å². The lowest BCUT2D eigenvalue weighted by molar-refractivity contribution is -0.126. The van der Waals surface area contributed by atoms with E-state index in [1.165, 1.54) is 4.90 Å². The van der Waals surface area contributed by atoms with E-state index in [4.69, 9.17) is 4.74 Å². The quantitative estimate of drug-likeness (QED) is 0.402. The van der Waals surface area contributed by atoms with Gasteiger partial charge >= 0.3 is 0 Å². The minimum atomic E-state index is -0.819. The summed E-state index contributed by atoms with van der Waals surface area (Å²) in [4.78, 5) is 40.6. The zero-order chi connectivity index (χ0) is 27.5. The van der Waals surface area contributed by atoms with Gasteiger partial charge in [-0.25, -0.2) is 19.3 Å². The van der Waals surface area contributed by atoms with E-state index in [1.807, 2.05) is 31.2 Å². The fraction of sp³-hybridized carbons (Fsp3) is 0.393. The summed E-state index contributed by atoms with van der Waals surface area (Å²) in [7, 11) is 0. The Morgan fingerprint density at radius 2 is 2.00 bits per heavy atom. The first-order valence-electron chi connectivity index (χ1n) is 13.0. The Kier molecular flexibility index (Phi) is 7.80. The number of rotatable bonds is 8. The number of carbonyl (C=O) groups is 2. The van der Waals surface area contributed by atoms with Crippen LogP contribution in [0.25, 0.3) is 11.4 Å². The van der Waals surface area contributed by atoms with Crippen LogP contribution in [0.2, 0.25) is 0 Å². The summed E-state index contributed by atoms with van der Waals surface area (Å²) in [5.74, 6) is -1.20. The molecule has 2 atom stereocenters. The number of nitrogens with zero attached hydrogens (tertiary/aromatic N) is 4. The predicted octanol–water partition coefficient (Wildman–Crippen LogP) is 2.77. The van der Waals surface area contributed by atoms with E-state index in [0.717, 1.165) is 30.2 Å². The number of aliphatic hydroxyl groups excluding tert-OH is 1. The topological polar surface area (TPSA) is 130 Å². The maximum atomic E-state index is 14.7. The highest BCUT2D eigenvalue weighted by molar-refractivity contribution is 6.00. The normalized spacial score (nSPS) is 17.0. The van der Waals surface area contributed by atoms with Crippen molar-refractivity contribution < 1.29 is 23.8 Å². The van der Waals surface area contributed by atoms with Crippen molar-refractivity contribution in [2.75, 3.05) is 25.1 Å². The highest BCUT2D eigenvalue weighted by Gasteiger charge is 2.36. The third-order valence-corrected chi connectivity index (χ3v) is 7.11. The molecule has 0 bridgehead atoms. The third-order valence-electron chi connectivity index (χ3n) is 7.11. The molecular formula is C28H31FN6O4. The SMILES string of the molecule is Cc1cccc([C@@H](CO)NC(=O)C(C)N2Cc3ccc(-c4nc(NC5CCOCC5)ncc4F)nc3C2=O)c1. The van der Waals surface area contributed by atoms with Crippen molar-refractivity contribution >= 4 is 17.8 Å². The fourth-order valence-corrected chi connectivity index (χ4v) is 4.83. The molecule has 2 aliphatic rings. The molecule has 2 aliphatic heterocycles. The van der Waals surface area contributed by atoms with Crippen LogP contribution in [0.15, 0.2) is 42.6 Å². The first-order valence-corrected chi connectivity index (χ1v) is 13.0. The molecule has 2 amide bonds. The van der Waals surface area contributed by atoms with E-state index < -0.39 is 29.7 Å². The van der Waals surface area contributed by atoms with Gasteiger partial charge < -0.3 is 25.4 Å². The Balaban J connectivity index is 1.31. The summed E-state index contributed by atoms with van der Waals surface area (Å²) in [6, 6.07) is 9.54. The van der Waals surface area contributed by atoms with Crippen molar-refractivity contribution in [2.45, 2.75) is 51.4 Å². The second kappa shape index (κ2) is 11.4. The number of ether oxygens (including phenoxy) is 1. The molecular weight excluding hydrogens is 503 g/mol. The summed E-state index contributed by atoms with van der Waals surface area (Å²) in [5.41, 5.74) is 2.77. The average Bonchev–Trinajstić information content (AvgIpc) is 3.28. The number of carbonyl (C=O) groups excluding carboxylic acids is 2. The molecule has 5 rings (SSSR count). The number of pyridine rings is 1. The van der Waals surface area contributed by atoms with Crippen LogP contribution >= 0.6 is 0 Å². The number of aromatic nitrogens is 3. The minimum Gasteiger partial charge on any atom is -0.394 e. The lowest BCUT2D eigenvalue weighted by Crippen LogP contribution is -2.46. The number of aryl methyl sites for hydroxylation is 1. The van der Waals surface area contributed by atoms with Gasteiger partial charge in [0, 0.05) is 31.4 Å². The summed E-state index contributed by atoms with van der Waals surface area (Å²) < 4.78 is 20.1. The number of hydrogen-bond donors (Lipinski definition) is 3. The molecule has 1 fully saturated rings. The Labute approximate surface area is 225 Å². The van der Waals surface area contributed by atoms with Crippen molar-refractivity contribution in [3.8, 4) is 11.4 Å². The molecule has 0 radical (unpaired) electrons. The van der Waals surface area contributed by atoms with Gasteiger partial charge in [0.15, 0.2) is 5.82 Å². The van der Waals surface area contributed by atoms with Crippen LogP contribution in [0.3, 0.4) is 0 Å². The number of benzene rings is 1. The molecule has 0 saturated carbocycles. The Morgan fingerprint density at radius 3 is 2.74 bits per heavy atom. The Hall–Kier alpha value is -3.96. The van der Waals surface area contributed by atoms with Crippen LogP contribution in [0.5, 0.6) is 0 Å². The van der Waals surface area contributed by atoms with Gasteiger partial charge in [-0.05, 0) is 38.3 Å². The van der Waals surface area contributed by atoms with E-state index >= 15 is 0 Å². The monoisotopic (exact) mass is 534 g/mol. The van der Waals surface area contributed by atoms with Gasteiger partial charge in [-0.15, -0.1) is 0 Å². The summed E-state index contributed by atoms with van der Waals surface area (Å²) in [5, 5.41) is 15.9. The van der Waals surface area contributed by atoms with Crippen molar-refractivity contribution in [2.24, 2.45) is 0 Å². The molecule has 1 unspecified atom stereocenters. The average molecular weight is 535 g/mol. The highest BCUT2D eigenvalue weighted by Crippen LogP contribution is 2.28. The predicted molar refractivity (Wildman–Crippen MR) is 141 cm³/mol. The molecule has 4 heterocycles. The Morgan fingerprint density at radius 1 is 1.21 bits per heavy atom. The van der Waals surface area contributed by atoms with Gasteiger partial charge in [0.05, 0.1) is 24.5 Å². The fourth-order valence-electron chi connectivity index (χ4n) is 4.83. The van der Waals surface area contributed by atoms with Gasteiger partial charge in [-0.1, -0.05) is 35.9 Å². The number of halogens is 1. The van der Waals surface area contributed by atoms with E-state index in [0.29, 0.717) is 18.8 Å². The lowest BCUT2D eigenvalue weighted by atomic mass is 10.0. The van der Waals surface area contributed by atoms with Gasteiger partial charge in [0.1, 0.15) is 17.4 Å². The molecule has 11 heteroatoms. The maximum Gasteiger partial charge on any atom is 0.273 e. The molecule has 3 N–H and O–H groups in total. The minimum absolute atomic E-state index is 0.0108. The lowest BCUT2D eigenvalue weighted by Gasteiger charge is -2.26. The summed E-state index contributed by atoms with van der Waals surface area (Å²) in [6.45, 7) is 4.74. The van der Waals surface area contributed by atoms with Crippen LogP contribution in [0.1, 0.15) is 53.0 Å². The van der Waals surface area contributed by atoms with E-state index in [-0.39, 0.29) is 42.2 Å². The molecule has 1 saturated heterocycles. The zero-order valence-corrected chi connectivity index (χ0v) is 21.9. The Bertz CT molecular complexity index is 1380. The first kappa shape index (κ1) is 26.6. The highest BCUT2D eigenvalue weighted by atomic mass is 19.1. The second-order valence-corrected chi connectivity index (χ2v) is 9.89. The molecule has 39 heavy (non-hydrogen) atoms. The van der Waals surface area contributed by atoms with Crippen molar-refractivity contribution in [1.82, 2.24) is 25.2 Å². The number of fused-ring (bicyclic) bond motifs is 1. The molecule has 204 valence electrons. The van der Waals surface area contributed by atoms with Crippen LogP contribution in [-0.4, -0.2) is 68.7 Å². The van der Waals surface area contributed by atoms with Gasteiger partial charge in [0.25, 0.3) is 5.91 Å². The largest absolute Gasteiger partial charge is 0.394 e. The number of amides is 2. The molecule has 10 nitrogen and oxygen atoms in total. The van der Waals surface area contributed by atoms with Crippen LogP contribution < -0.4 is 10.6 Å². The number of aliphatic hydroxyl groups is 1. The summed E-state index contributed by atoms with van der Waals surface area (Å²) >= 11 is 0. The van der Waals surface area contributed by atoms with Gasteiger partial charge in [-0.3, -0.25) is 9.59 Å². The smallest absolute Gasteiger partial charge is 0.273 e. The van der Waals surface area contributed by atoms with E-state index in [9.17, 15) is 19.1 Å². The van der Waals surface area contributed by atoms with Crippen LogP contribution in [0, 0.1) is 12.7 Å². The van der Waals surface area contributed by atoms with Gasteiger partial charge in [0.2, 0.25) is 11.9 Å². The first-order chi connectivity index (χ1) is 18.8. The zero-order valence-electron chi connectivity index (χ0n) is 21.9. The number of nitrogens with one attached hydrogen (secondary N) is 2. The summed E-state index contributed by atoms with van der Waals surface area (Å²) in [6.07, 6.45) is 2.69. The van der Waals surface area contributed by atoms with Crippen molar-refractivity contribution in [3.63, 3.8) is 0 Å². The molecule has 3 aromatic rings. The molecule has 1 aromatic carbocycles. The maximum absolute atomic E-state index is 14.7. The third kappa shape index (κ3) is 5.74. The number of anilines is 1. The van der Waals surface area contributed by atoms with Gasteiger partial charge in [-0.2, -0.15) is 0 Å². The standard InChI is InChI=1S/C28H31FN6O4/c1-16-4-3-5-18(12-16)23(15-36)33-26(37)17(2)35-14-19-6-7-22(32-24(19)27(35)38)25-21(29)13-30-28(34-25)31-20-8-10-39-11-9-20/h3-7,12-13,17,20,23,36H,8-11,14-15H2,1-2H3,(H,33,37)(H,30,31,34)/t17?,23-/m1/s1. The molecule has 0 spiro atoms. The van der Waals surface area contributed by atoms with E-state index in [2.05, 4.69) is 25.6 Å². The second-order valence-electron chi connectivity index (χ2n) is 9.89. The number of hydrogen-bond acceptors (Lipinski definition) is 8. The van der Waals surface area contributed by atoms with Crippen molar-refractivity contribution in [3.05, 3.63) is 70.8 Å². The molecule has 0 aliphatic carbocycles. The van der Waals surface area contributed by atoms with E-state index in [1.54, 1.807) is 19.1 Å². The van der Waals surface area contributed by atoms with Crippen LogP contribution in [-0.2, 0) is 16.1 Å². The van der Waals surface area contributed by atoms with Crippen LogP contribution in [0.4, 0.5) is 10.3 Å². The molecule has 2 aromatic heterocycles.